The molecule has 0 aliphatic heterocycles. The molecule has 28 heavy (non-hydrogen) atoms. The minimum Gasteiger partial charge on any atom is -0.347 e. The molecule has 1 heterocycles. The van der Waals surface area contributed by atoms with Crippen LogP contribution in [-0.4, -0.2) is 16.8 Å². The first-order valence-electron chi connectivity index (χ1n) is 8.19. The molecular formula is C20H14F3N3O2. The predicted octanol–water partition coefficient (Wildman–Crippen LogP) is 3.68. The van der Waals surface area contributed by atoms with E-state index in [0.29, 0.717) is 5.56 Å². The number of anilines is 1. The monoisotopic (exact) mass is 385 g/mol. The molecule has 2 N–H and O–H groups in total. The summed E-state index contributed by atoms with van der Waals surface area (Å²) in [7, 11) is 0. The van der Waals surface area contributed by atoms with Crippen molar-refractivity contribution in [2.75, 3.05) is 5.32 Å². The minimum atomic E-state index is -0.938. The van der Waals surface area contributed by atoms with Crippen molar-refractivity contribution in [3.05, 3.63) is 95.1 Å². The fraction of sp³-hybridized carbons (Fsp3) is 0.0500. The number of hydrogen-bond acceptors (Lipinski definition) is 3. The minimum absolute atomic E-state index is 0.0654. The third-order valence-corrected chi connectivity index (χ3v) is 3.81. The maximum Gasteiger partial charge on any atom is 0.274 e. The van der Waals surface area contributed by atoms with Crippen molar-refractivity contribution in [2.24, 2.45) is 0 Å². The maximum absolute atomic E-state index is 13.7. The van der Waals surface area contributed by atoms with E-state index in [1.165, 1.54) is 42.5 Å². The molecule has 1 aromatic heterocycles. The molecule has 0 unspecified atom stereocenters. The summed E-state index contributed by atoms with van der Waals surface area (Å²) in [5.74, 6) is -3.85. The number of rotatable bonds is 5. The normalized spacial score (nSPS) is 10.4. The molecule has 2 aromatic carbocycles. The summed E-state index contributed by atoms with van der Waals surface area (Å²) in [6.07, 6.45) is 0. The van der Waals surface area contributed by atoms with Gasteiger partial charge in [-0.2, -0.15) is 0 Å². The summed E-state index contributed by atoms with van der Waals surface area (Å²) in [5.41, 5.74) is -0.623. The summed E-state index contributed by atoms with van der Waals surface area (Å²) >= 11 is 0. The van der Waals surface area contributed by atoms with Crippen molar-refractivity contribution in [2.45, 2.75) is 6.54 Å². The molecule has 0 saturated carbocycles. The van der Waals surface area contributed by atoms with Crippen LogP contribution in [0.3, 0.4) is 0 Å². The topological polar surface area (TPSA) is 71.1 Å². The number of hydrogen-bond donors (Lipinski definition) is 2. The number of pyridine rings is 1. The van der Waals surface area contributed by atoms with E-state index >= 15 is 0 Å². The van der Waals surface area contributed by atoms with Crippen molar-refractivity contribution >= 4 is 17.5 Å². The zero-order chi connectivity index (χ0) is 20.1. The molecule has 142 valence electrons. The molecule has 3 aromatic rings. The second-order valence-corrected chi connectivity index (χ2v) is 5.73. The first-order chi connectivity index (χ1) is 13.5. The van der Waals surface area contributed by atoms with Gasteiger partial charge >= 0.3 is 0 Å². The van der Waals surface area contributed by atoms with Gasteiger partial charge in [0, 0.05) is 12.1 Å². The fourth-order valence-corrected chi connectivity index (χ4v) is 2.39. The molecule has 5 nitrogen and oxygen atoms in total. The van der Waals surface area contributed by atoms with E-state index in [0.717, 1.165) is 12.1 Å². The molecule has 0 saturated heterocycles. The van der Waals surface area contributed by atoms with E-state index < -0.39 is 35.0 Å². The Morgan fingerprint density at radius 3 is 2.00 bits per heavy atom. The number of aromatic nitrogens is 1. The number of nitrogens with one attached hydrogen (secondary N) is 2. The summed E-state index contributed by atoms with van der Waals surface area (Å²) in [6.45, 7) is -0.0654. The SMILES string of the molecule is O=C(NCc1ccccc1F)c1cccc(C(=O)Nc2c(F)cccc2F)n1. The van der Waals surface area contributed by atoms with E-state index in [1.54, 1.807) is 6.07 Å². The second-order valence-electron chi connectivity index (χ2n) is 5.73. The van der Waals surface area contributed by atoms with Crippen molar-refractivity contribution in [1.29, 1.82) is 0 Å². The third kappa shape index (κ3) is 4.35. The van der Waals surface area contributed by atoms with E-state index in [9.17, 15) is 22.8 Å². The molecule has 0 aliphatic rings. The van der Waals surface area contributed by atoms with Gasteiger partial charge in [-0.3, -0.25) is 9.59 Å². The van der Waals surface area contributed by atoms with Gasteiger partial charge in [0.25, 0.3) is 11.8 Å². The number of halogens is 3. The van der Waals surface area contributed by atoms with Gasteiger partial charge in [0.05, 0.1) is 0 Å². The van der Waals surface area contributed by atoms with Crippen LogP contribution in [0.4, 0.5) is 18.9 Å². The highest BCUT2D eigenvalue weighted by atomic mass is 19.1. The van der Waals surface area contributed by atoms with Crippen molar-refractivity contribution in [3.8, 4) is 0 Å². The Labute approximate surface area is 158 Å². The van der Waals surface area contributed by atoms with E-state index in [1.807, 2.05) is 0 Å². The van der Waals surface area contributed by atoms with Crippen LogP contribution in [0.2, 0.25) is 0 Å². The van der Waals surface area contributed by atoms with Crippen LogP contribution in [0.15, 0.2) is 60.7 Å². The summed E-state index contributed by atoms with van der Waals surface area (Å²) in [4.78, 5) is 28.4. The van der Waals surface area contributed by atoms with E-state index in [-0.39, 0.29) is 17.9 Å². The number of carbonyl (C=O) groups is 2. The lowest BCUT2D eigenvalue weighted by molar-refractivity contribution is 0.0945. The van der Waals surface area contributed by atoms with Crippen LogP contribution in [0.25, 0.3) is 0 Å². The summed E-state index contributed by atoms with van der Waals surface area (Å²) in [5, 5.41) is 4.59. The van der Waals surface area contributed by atoms with Crippen LogP contribution in [0, 0.1) is 17.5 Å². The molecule has 0 fully saturated rings. The van der Waals surface area contributed by atoms with Gasteiger partial charge in [0.2, 0.25) is 0 Å². The first-order valence-corrected chi connectivity index (χ1v) is 8.19. The van der Waals surface area contributed by atoms with Gasteiger partial charge in [-0.05, 0) is 30.3 Å². The number of amides is 2. The van der Waals surface area contributed by atoms with Gasteiger partial charge in [-0.15, -0.1) is 0 Å². The Hall–Kier alpha value is -3.68. The zero-order valence-corrected chi connectivity index (χ0v) is 14.4. The van der Waals surface area contributed by atoms with Gasteiger partial charge in [-0.25, -0.2) is 18.2 Å². The van der Waals surface area contributed by atoms with Crippen LogP contribution in [0.1, 0.15) is 26.5 Å². The quantitative estimate of drug-likeness (QED) is 0.704. The smallest absolute Gasteiger partial charge is 0.274 e. The third-order valence-electron chi connectivity index (χ3n) is 3.81. The van der Waals surface area contributed by atoms with E-state index in [2.05, 4.69) is 15.6 Å². The lowest BCUT2D eigenvalue weighted by Crippen LogP contribution is -2.25. The van der Waals surface area contributed by atoms with E-state index in [4.69, 9.17) is 0 Å². The summed E-state index contributed by atoms with van der Waals surface area (Å²) in [6, 6.07) is 13.2. The molecule has 0 spiro atoms. The highest BCUT2D eigenvalue weighted by molar-refractivity contribution is 6.04. The lowest BCUT2D eigenvalue weighted by atomic mass is 10.2. The average Bonchev–Trinajstić information content (AvgIpc) is 2.70. The molecule has 0 aliphatic carbocycles. The molecule has 0 atom stereocenters. The largest absolute Gasteiger partial charge is 0.347 e. The van der Waals surface area contributed by atoms with Crippen LogP contribution in [0.5, 0.6) is 0 Å². The average molecular weight is 385 g/mol. The van der Waals surface area contributed by atoms with Crippen molar-refractivity contribution in [3.63, 3.8) is 0 Å². The van der Waals surface area contributed by atoms with Crippen LogP contribution >= 0.6 is 0 Å². The Kier molecular flexibility index (Phi) is 5.69. The molecule has 0 bridgehead atoms. The number of nitrogens with zero attached hydrogens (tertiary/aromatic N) is 1. The zero-order valence-electron chi connectivity index (χ0n) is 14.4. The standard InChI is InChI=1S/C20H14F3N3O2/c21-13-6-2-1-5-12(13)11-24-19(27)16-9-4-10-17(25-16)20(28)26-18-14(22)7-3-8-15(18)23/h1-10H,11H2,(H,24,27)(H,26,28). The first kappa shape index (κ1) is 19.1. The number of carbonyl (C=O) groups excluding carboxylic acids is 2. The van der Waals surface area contributed by atoms with Crippen molar-refractivity contribution < 1.29 is 22.8 Å². The molecule has 0 radical (unpaired) electrons. The van der Waals surface area contributed by atoms with Gasteiger partial charge in [-0.1, -0.05) is 30.3 Å². The fourth-order valence-electron chi connectivity index (χ4n) is 2.39. The maximum atomic E-state index is 13.7. The van der Waals surface area contributed by atoms with Crippen LogP contribution < -0.4 is 10.6 Å². The second kappa shape index (κ2) is 8.34. The van der Waals surface area contributed by atoms with Gasteiger partial charge in [0.1, 0.15) is 34.5 Å². The highest BCUT2D eigenvalue weighted by Gasteiger charge is 2.16. The number of para-hydroxylation sites is 1. The Bertz CT molecular complexity index is 1020. The van der Waals surface area contributed by atoms with Crippen LogP contribution in [-0.2, 0) is 6.54 Å². The summed E-state index contributed by atoms with van der Waals surface area (Å²) < 4.78 is 40.9. The van der Waals surface area contributed by atoms with Crippen molar-refractivity contribution in [1.82, 2.24) is 10.3 Å². The van der Waals surface area contributed by atoms with Gasteiger partial charge in [0.15, 0.2) is 0 Å². The Morgan fingerprint density at radius 2 is 1.32 bits per heavy atom. The Morgan fingerprint density at radius 1 is 0.750 bits per heavy atom. The number of benzene rings is 2. The van der Waals surface area contributed by atoms with Gasteiger partial charge < -0.3 is 10.6 Å². The molecule has 8 heteroatoms. The Balaban J connectivity index is 1.72. The lowest BCUT2D eigenvalue weighted by Gasteiger charge is -2.09. The predicted molar refractivity (Wildman–Crippen MR) is 96.1 cm³/mol. The molecule has 3 rings (SSSR count). The molecular weight excluding hydrogens is 371 g/mol. The molecule has 2 amide bonds. The highest BCUT2D eigenvalue weighted by Crippen LogP contribution is 2.18.